The molecule has 5 nitrogen and oxygen atoms in total. The van der Waals surface area contributed by atoms with E-state index in [-0.39, 0.29) is 17.9 Å². The van der Waals surface area contributed by atoms with Gasteiger partial charge in [0, 0.05) is 23.4 Å². The average Bonchev–Trinajstić information content (AvgIpc) is 3.34. The van der Waals surface area contributed by atoms with Crippen LogP contribution in [0.15, 0.2) is 78.9 Å². The molecule has 3 aromatic carbocycles. The van der Waals surface area contributed by atoms with Crippen molar-refractivity contribution in [2.75, 3.05) is 11.4 Å². The predicted molar refractivity (Wildman–Crippen MR) is 129 cm³/mol. The molecule has 1 N–H and O–H groups in total. The SMILES string of the molecule is CCc1ccc(C2CN3C(=O)N(c4ccccc4)C(=O)C3(C)c3[nH]c4ccccc4c32)cc1. The Morgan fingerprint density at radius 1 is 0.939 bits per heavy atom. The molecule has 0 spiro atoms. The number of H-pyrrole nitrogens is 1. The number of imide groups is 1. The summed E-state index contributed by atoms with van der Waals surface area (Å²) < 4.78 is 0. The van der Waals surface area contributed by atoms with Gasteiger partial charge in [-0.25, -0.2) is 9.69 Å². The van der Waals surface area contributed by atoms with Crippen LogP contribution in [0.3, 0.4) is 0 Å². The number of benzene rings is 3. The predicted octanol–water partition coefficient (Wildman–Crippen LogP) is 5.56. The summed E-state index contributed by atoms with van der Waals surface area (Å²) in [7, 11) is 0. The lowest BCUT2D eigenvalue weighted by Gasteiger charge is -2.40. The van der Waals surface area contributed by atoms with Gasteiger partial charge in [-0.2, -0.15) is 0 Å². The first-order valence-corrected chi connectivity index (χ1v) is 11.4. The van der Waals surface area contributed by atoms with Gasteiger partial charge >= 0.3 is 6.03 Å². The Labute approximate surface area is 192 Å². The molecule has 164 valence electrons. The number of nitrogens with one attached hydrogen (secondary N) is 1. The maximum absolute atomic E-state index is 13.9. The van der Waals surface area contributed by atoms with Crippen molar-refractivity contribution in [2.24, 2.45) is 0 Å². The first kappa shape index (κ1) is 19.8. The molecule has 1 fully saturated rings. The lowest BCUT2D eigenvalue weighted by atomic mass is 9.78. The quantitative estimate of drug-likeness (QED) is 0.428. The van der Waals surface area contributed by atoms with Crippen LogP contribution in [0.25, 0.3) is 10.9 Å². The first-order chi connectivity index (χ1) is 16.0. The molecule has 1 saturated heterocycles. The summed E-state index contributed by atoms with van der Waals surface area (Å²) in [5.74, 6) is -0.242. The van der Waals surface area contributed by atoms with E-state index in [4.69, 9.17) is 0 Å². The number of nitrogens with zero attached hydrogens (tertiary/aromatic N) is 2. The normalized spacial score (nSPS) is 22.1. The van der Waals surface area contributed by atoms with E-state index in [9.17, 15) is 9.59 Å². The molecular formula is C28H25N3O2. The number of hydrogen-bond donors (Lipinski definition) is 1. The summed E-state index contributed by atoms with van der Waals surface area (Å²) in [5.41, 5.74) is 4.87. The summed E-state index contributed by atoms with van der Waals surface area (Å²) in [6, 6.07) is 25.7. The monoisotopic (exact) mass is 435 g/mol. The fourth-order valence-corrected chi connectivity index (χ4v) is 5.48. The number of rotatable bonds is 3. The molecule has 2 unspecified atom stereocenters. The van der Waals surface area contributed by atoms with Crippen molar-refractivity contribution in [2.45, 2.75) is 31.7 Å². The van der Waals surface area contributed by atoms with Crippen LogP contribution in [0.4, 0.5) is 10.5 Å². The van der Waals surface area contributed by atoms with Gasteiger partial charge in [0.05, 0.1) is 11.4 Å². The molecule has 3 amide bonds. The van der Waals surface area contributed by atoms with Gasteiger partial charge in [-0.05, 0) is 48.2 Å². The summed E-state index contributed by atoms with van der Waals surface area (Å²) in [6.07, 6.45) is 0.979. The summed E-state index contributed by atoms with van der Waals surface area (Å²) in [5, 5.41) is 1.11. The summed E-state index contributed by atoms with van der Waals surface area (Å²) in [4.78, 5) is 34.2. The van der Waals surface area contributed by atoms with E-state index >= 15 is 0 Å². The van der Waals surface area contributed by atoms with Crippen molar-refractivity contribution >= 4 is 28.5 Å². The molecule has 0 saturated carbocycles. The van der Waals surface area contributed by atoms with Gasteiger partial charge in [0.25, 0.3) is 5.91 Å². The number of fused-ring (bicyclic) bond motifs is 5. The molecular weight excluding hydrogens is 410 g/mol. The van der Waals surface area contributed by atoms with Gasteiger partial charge in [0.2, 0.25) is 0 Å². The minimum atomic E-state index is -1.08. The number of amides is 3. The zero-order valence-electron chi connectivity index (χ0n) is 18.7. The molecule has 6 rings (SSSR count). The van der Waals surface area contributed by atoms with Crippen LogP contribution in [-0.4, -0.2) is 28.4 Å². The first-order valence-electron chi connectivity index (χ1n) is 11.4. The maximum atomic E-state index is 13.9. The molecule has 0 bridgehead atoms. The van der Waals surface area contributed by atoms with Gasteiger partial charge in [0.15, 0.2) is 5.54 Å². The third kappa shape index (κ3) is 2.65. The largest absolute Gasteiger partial charge is 0.356 e. The molecule has 4 aromatic rings. The van der Waals surface area contributed by atoms with Crippen molar-refractivity contribution in [1.82, 2.24) is 9.88 Å². The smallest absolute Gasteiger partial charge is 0.332 e. The fraction of sp³-hybridized carbons (Fsp3) is 0.214. The van der Waals surface area contributed by atoms with Crippen molar-refractivity contribution in [3.63, 3.8) is 0 Å². The maximum Gasteiger partial charge on any atom is 0.332 e. The van der Waals surface area contributed by atoms with Crippen LogP contribution in [0.2, 0.25) is 0 Å². The van der Waals surface area contributed by atoms with Crippen molar-refractivity contribution < 1.29 is 9.59 Å². The highest BCUT2D eigenvalue weighted by atomic mass is 16.2. The van der Waals surface area contributed by atoms with E-state index in [2.05, 4.69) is 42.2 Å². The second-order valence-electron chi connectivity index (χ2n) is 9.05. The number of aryl methyl sites for hydroxylation is 1. The van der Waals surface area contributed by atoms with Gasteiger partial charge in [0.1, 0.15) is 0 Å². The number of aromatic nitrogens is 1. The molecule has 0 aliphatic carbocycles. The van der Waals surface area contributed by atoms with Crippen LogP contribution in [0.1, 0.15) is 42.1 Å². The van der Waals surface area contributed by atoms with Crippen LogP contribution < -0.4 is 4.90 Å². The van der Waals surface area contributed by atoms with Gasteiger partial charge in [-0.1, -0.05) is 67.6 Å². The van der Waals surface area contributed by atoms with E-state index in [1.807, 2.05) is 55.5 Å². The van der Waals surface area contributed by atoms with Crippen molar-refractivity contribution in [3.8, 4) is 0 Å². The van der Waals surface area contributed by atoms with Crippen molar-refractivity contribution in [1.29, 1.82) is 0 Å². The van der Waals surface area contributed by atoms with Gasteiger partial charge < -0.3 is 9.88 Å². The standard InChI is InChI=1S/C28H25N3O2/c1-3-18-13-15-19(16-14-18)22-17-30-27(33)31(20-9-5-4-6-10-20)26(32)28(30,2)25-24(22)21-11-7-8-12-23(21)29-25/h4-16,22,29H,3,17H2,1-2H3. The highest BCUT2D eigenvalue weighted by molar-refractivity contribution is 6.23. The van der Waals surface area contributed by atoms with E-state index < -0.39 is 5.54 Å². The molecule has 1 aromatic heterocycles. The lowest BCUT2D eigenvalue weighted by Crippen LogP contribution is -2.50. The number of aromatic amines is 1. The molecule has 5 heteroatoms. The third-order valence-electron chi connectivity index (χ3n) is 7.33. The Morgan fingerprint density at radius 3 is 2.36 bits per heavy atom. The summed E-state index contributed by atoms with van der Waals surface area (Å²) in [6.45, 7) is 4.47. The van der Waals surface area contributed by atoms with Crippen LogP contribution in [0, 0.1) is 0 Å². The molecule has 2 aliphatic heterocycles. The Bertz CT molecular complexity index is 1390. The van der Waals surface area contributed by atoms with Crippen LogP contribution in [-0.2, 0) is 16.8 Å². The highest BCUT2D eigenvalue weighted by Crippen LogP contribution is 2.50. The topological polar surface area (TPSA) is 56.4 Å². The Hall–Kier alpha value is -3.86. The minimum absolute atomic E-state index is 0.0254. The van der Waals surface area contributed by atoms with Crippen molar-refractivity contribution in [3.05, 3.63) is 101 Å². The van der Waals surface area contributed by atoms with E-state index in [1.165, 1.54) is 10.5 Å². The lowest BCUT2D eigenvalue weighted by molar-refractivity contribution is -0.125. The average molecular weight is 436 g/mol. The number of para-hydroxylation sites is 2. The minimum Gasteiger partial charge on any atom is -0.356 e. The second-order valence-corrected chi connectivity index (χ2v) is 9.05. The molecule has 0 radical (unpaired) electrons. The molecule has 3 heterocycles. The fourth-order valence-electron chi connectivity index (χ4n) is 5.48. The van der Waals surface area contributed by atoms with E-state index in [0.717, 1.165) is 34.1 Å². The Morgan fingerprint density at radius 2 is 1.64 bits per heavy atom. The molecule has 2 aliphatic rings. The zero-order valence-corrected chi connectivity index (χ0v) is 18.7. The Balaban J connectivity index is 1.57. The number of hydrogen-bond acceptors (Lipinski definition) is 2. The van der Waals surface area contributed by atoms with Gasteiger partial charge in [-0.15, -0.1) is 0 Å². The highest BCUT2D eigenvalue weighted by Gasteiger charge is 2.60. The number of carbonyl (C=O) groups excluding carboxylic acids is 2. The Kier molecular flexibility index (Phi) is 4.24. The third-order valence-corrected chi connectivity index (χ3v) is 7.33. The molecule has 33 heavy (non-hydrogen) atoms. The number of urea groups is 1. The number of anilines is 1. The van der Waals surface area contributed by atoms with Gasteiger partial charge in [-0.3, -0.25) is 4.79 Å². The van der Waals surface area contributed by atoms with E-state index in [1.54, 1.807) is 4.90 Å². The molecule has 2 atom stereocenters. The van der Waals surface area contributed by atoms with Crippen LogP contribution >= 0.6 is 0 Å². The van der Waals surface area contributed by atoms with Crippen LogP contribution in [0.5, 0.6) is 0 Å². The zero-order chi connectivity index (χ0) is 22.7. The second kappa shape index (κ2) is 7.07. The number of carbonyl (C=O) groups is 2. The summed E-state index contributed by atoms with van der Waals surface area (Å²) >= 11 is 0. The van der Waals surface area contributed by atoms with E-state index in [0.29, 0.717) is 12.2 Å².